The van der Waals surface area contributed by atoms with Crippen LogP contribution in [-0.2, 0) is 9.59 Å². The largest absolute Gasteiger partial charge is 0.369 e. The van der Waals surface area contributed by atoms with Gasteiger partial charge in [0.1, 0.15) is 0 Å². The van der Waals surface area contributed by atoms with Crippen molar-refractivity contribution in [1.29, 1.82) is 0 Å². The van der Waals surface area contributed by atoms with Crippen LogP contribution < -0.4 is 5.73 Å². The molecule has 0 radical (unpaired) electrons. The molecule has 0 bridgehead atoms. The summed E-state index contributed by atoms with van der Waals surface area (Å²) in [5.74, 6) is 0.0437. The standard InChI is InChI=1S/C31H48N2O2/c1-3-5-7-8-9-10-11-12-13-14-15-16-17-18-19-20-22-24-30(34)33-26-25-28(27-33)29(31(32)35)23-21-6-4-2/h4-5,7,9-10,12-13,15-16,18-19,28-29H,2-3,6,8,11,14,17,20-27H2,1H3,(H2,32,35)/b7-5-,10-9-,13-12-,16-15-,19-18-/t28-,29?/m0/s1. The quantitative estimate of drug-likeness (QED) is 0.157. The SMILES string of the molecule is C=CCCCC(C(N)=O)[C@H]1CCN(C(=O)CCC/C=C\C/C=C\C/C=C\C/C=C\C/C=C\CC)C1. The molecule has 2 atom stereocenters. The van der Waals surface area contributed by atoms with E-state index in [2.05, 4.69) is 74.3 Å². The Balaban J connectivity index is 2.13. The summed E-state index contributed by atoms with van der Waals surface area (Å²) in [4.78, 5) is 26.4. The summed E-state index contributed by atoms with van der Waals surface area (Å²) in [5, 5.41) is 0. The smallest absolute Gasteiger partial charge is 0.222 e. The fraction of sp³-hybridized carbons (Fsp3) is 0.548. The summed E-state index contributed by atoms with van der Waals surface area (Å²) in [6, 6.07) is 0. The highest BCUT2D eigenvalue weighted by molar-refractivity contribution is 5.78. The minimum atomic E-state index is -0.230. The molecule has 0 aromatic carbocycles. The van der Waals surface area contributed by atoms with Crippen LogP contribution >= 0.6 is 0 Å². The first-order valence-corrected chi connectivity index (χ1v) is 13.5. The van der Waals surface area contributed by atoms with Crippen LogP contribution in [0.1, 0.15) is 84.0 Å². The van der Waals surface area contributed by atoms with E-state index in [0.29, 0.717) is 13.0 Å². The van der Waals surface area contributed by atoms with Crippen LogP contribution in [0.5, 0.6) is 0 Å². The van der Waals surface area contributed by atoms with Crippen LogP contribution in [-0.4, -0.2) is 29.8 Å². The molecular formula is C31H48N2O2. The molecule has 0 spiro atoms. The van der Waals surface area contributed by atoms with E-state index >= 15 is 0 Å². The number of carbonyl (C=O) groups is 2. The van der Waals surface area contributed by atoms with Gasteiger partial charge in [-0.15, -0.1) is 6.58 Å². The van der Waals surface area contributed by atoms with Crippen molar-refractivity contribution in [2.45, 2.75) is 84.0 Å². The van der Waals surface area contributed by atoms with E-state index in [1.165, 1.54) is 0 Å². The second-order valence-corrected chi connectivity index (χ2v) is 9.22. The number of nitrogens with zero attached hydrogens (tertiary/aromatic N) is 1. The van der Waals surface area contributed by atoms with Gasteiger partial charge in [0.25, 0.3) is 0 Å². The Morgan fingerprint density at radius 2 is 1.46 bits per heavy atom. The zero-order chi connectivity index (χ0) is 25.6. The molecule has 1 saturated heterocycles. The topological polar surface area (TPSA) is 63.4 Å². The van der Waals surface area contributed by atoms with Gasteiger partial charge in [0.15, 0.2) is 0 Å². The molecule has 0 saturated carbocycles. The summed E-state index contributed by atoms with van der Waals surface area (Å²) in [5.41, 5.74) is 5.64. The molecule has 1 fully saturated rings. The first-order chi connectivity index (χ1) is 17.1. The molecule has 0 aromatic rings. The van der Waals surface area contributed by atoms with Crippen molar-refractivity contribution in [3.8, 4) is 0 Å². The van der Waals surface area contributed by atoms with Gasteiger partial charge in [0.2, 0.25) is 11.8 Å². The van der Waals surface area contributed by atoms with Crippen LogP contribution in [0.2, 0.25) is 0 Å². The molecule has 0 aliphatic carbocycles. The molecule has 1 aliphatic rings. The van der Waals surface area contributed by atoms with E-state index in [0.717, 1.165) is 77.2 Å². The zero-order valence-corrected chi connectivity index (χ0v) is 22.0. The van der Waals surface area contributed by atoms with E-state index in [-0.39, 0.29) is 23.7 Å². The number of rotatable bonds is 19. The van der Waals surface area contributed by atoms with Gasteiger partial charge in [-0.3, -0.25) is 9.59 Å². The monoisotopic (exact) mass is 480 g/mol. The summed E-state index contributed by atoms with van der Waals surface area (Å²) >= 11 is 0. The lowest BCUT2D eigenvalue weighted by Gasteiger charge is -2.21. The van der Waals surface area contributed by atoms with E-state index in [1.807, 2.05) is 11.0 Å². The summed E-state index contributed by atoms with van der Waals surface area (Å²) in [6.45, 7) is 7.30. The molecule has 4 heteroatoms. The zero-order valence-electron chi connectivity index (χ0n) is 22.0. The summed E-state index contributed by atoms with van der Waals surface area (Å²) in [6.07, 6.45) is 34.7. The normalized spacial score (nSPS) is 17.6. The number of likely N-dealkylation sites (tertiary alicyclic amines) is 1. The third-order valence-corrected chi connectivity index (χ3v) is 6.35. The minimum absolute atomic E-state index is 0.131. The molecule has 0 aromatic heterocycles. The van der Waals surface area contributed by atoms with Gasteiger partial charge in [0, 0.05) is 25.4 Å². The minimum Gasteiger partial charge on any atom is -0.369 e. The van der Waals surface area contributed by atoms with Crippen molar-refractivity contribution in [2.75, 3.05) is 13.1 Å². The fourth-order valence-corrected chi connectivity index (χ4v) is 4.33. The van der Waals surface area contributed by atoms with Crippen molar-refractivity contribution >= 4 is 11.8 Å². The number of nitrogens with two attached hydrogens (primary N) is 1. The number of unbranched alkanes of at least 4 members (excludes halogenated alkanes) is 2. The molecule has 4 nitrogen and oxygen atoms in total. The molecule has 2 amide bonds. The van der Waals surface area contributed by atoms with Crippen LogP contribution in [0.15, 0.2) is 73.4 Å². The summed E-state index contributed by atoms with van der Waals surface area (Å²) in [7, 11) is 0. The molecule has 1 rings (SSSR count). The molecular weight excluding hydrogens is 432 g/mol. The van der Waals surface area contributed by atoms with Crippen LogP contribution in [0.25, 0.3) is 0 Å². The third kappa shape index (κ3) is 15.1. The first kappa shape index (κ1) is 30.4. The average Bonchev–Trinajstić information content (AvgIpc) is 3.33. The average molecular weight is 481 g/mol. The highest BCUT2D eigenvalue weighted by Gasteiger charge is 2.33. The number of hydrogen-bond acceptors (Lipinski definition) is 2. The Morgan fingerprint density at radius 1 is 0.886 bits per heavy atom. The maximum absolute atomic E-state index is 12.6. The van der Waals surface area contributed by atoms with Crippen LogP contribution in [0.4, 0.5) is 0 Å². The maximum Gasteiger partial charge on any atom is 0.222 e. The summed E-state index contributed by atoms with van der Waals surface area (Å²) < 4.78 is 0. The number of carbonyl (C=O) groups excluding carboxylic acids is 2. The molecule has 2 N–H and O–H groups in total. The third-order valence-electron chi connectivity index (χ3n) is 6.35. The van der Waals surface area contributed by atoms with Gasteiger partial charge in [-0.25, -0.2) is 0 Å². The van der Waals surface area contributed by atoms with Crippen molar-refractivity contribution < 1.29 is 9.59 Å². The fourth-order valence-electron chi connectivity index (χ4n) is 4.33. The predicted molar refractivity (Wildman–Crippen MR) is 150 cm³/mol. The van der Waals surface area contributed by atoms with Gasteiger partial charge in [-0.05, 0) is 76.5 Å². The highest BCUT2D eigenvalue weighted by atomic mass is 16.2. The predicted octanol–water partition coefficient (Wildman–Crippen LogP) is 7.21. The van der Waals surface area contributed by atoms with E-state index in [1.54, 1.807) is 0 Å². The lowest BCUT2D eigenvalue weighted by Crippen LogP contribution is -2.34. The molecule has 1 unspecified atom stereocenters. The van der Waals surface area contributed by atoms with Crippen molar-refractivity contribution in [3.05, 3.63) is 73.4 Å². The lowest BCUT2D eigenvalue weighted by molar-refractivity contribution is -0.131. The van der Waals surface area contributed by atoms with Gasteiger partial charge < -0.3 is 10.6 Å². The Bertz CT molecular complexity index is 745. The Morgan fingerprint density at radius 3 is 2.00 bits per heavy atom. The Hall–Kier alpha value is -2.62. The highest BCUT2D eigenvalue weighted by Crippen LogP contribution is 2.28. The van der Waals surface area contributed by atoms with Crippen LogP contribution in [0, 0.1) is 11.8 Å². The number of hydrogen-bond donors (Lipinski definition) is 1. The van der Waals surface area contributed by atoms with Gasteiger partial charge in [-0.1, -0.05) is 73.8 Å². The first-order valence-electron chi connectivity index (χ1n) is 13.5. The lowest BCUT2D eigenvalue weighted by atomic mass is 9.86. The maximum atomic E-state index is 12.6. The van der Waals surface area contributed by atoms with Gasteiger partial charge in [0.05, 0.1) is 0 Å². The Kier molecular flexibility index (Phi) is 18.0. The molecule has 194 valence electrons. The second kappa shape index (κ2) is 20.7. The number of amides is 2. The van der Waals surface area contributed by atoms with Crippen molar-refractivity contribution in [3.63, 3.8) is 0 Å². The van der Waals surface area contributed by atoms with E-state index < -0.39 is 0 Å². The van der Waals surface area contributed by atoms with E-state index in [4.69, 9.17) is 5.73 Å². The van der Waals surface area contributed by atoms with Crippen molar-refractivity contribution in [1.82, 2.24) is 4.90 Å². The van der Waals surface area contributed by atoms with Crippen molar-refractivity contribution in [2.24, 2.45) is 17.6 Å². The molecule has 35 heavy (non-hydrogen) atoms. The van der Waals surface area contributed by atoms with Gasteiger partial charge >= 0.3 is 0 Å². The van der Waals surface area contributed by atoms with Gasteiger partial charge in [-0.2, -0.15) is 0 Å². The number of primary amides is 1. The number of allylic oxidation sites excluding steroid dienone is 11. The second-order valence-electron chi connectivity index (χ2n) is 9.22. The van der Waals surface area contributed by atoms with E-state index in [9.17, 15) is 9.59 Å². The molecule has 1 heterocycles. The Labute approximate surface area is 214 Å². The molecule has 1 aliphatic heterocycles. The van der Waals surface area contributed by atoms with Crippen LogP contribution in [0.3, 0.4) is 0 Å².